The Balaban J connectivity index is 2.15. The molecule has 0 radical (unpaired) electrons. The van der Waals surface area contributed by atoms with Gasteiger partial charge in [0, 0.05) is 28.2 Å². The van der Waals surface area contributed by atoms with Crippen LogP contribution in [0, 0.1) is 0 Å². The summed E-state index contributed by atoms with van der Waals surface area (Å²) in [6, 6.07) is 4.30. The Labute approximate surface area is 116 Å². The molecule has 8 heteroatoms. The lowest BCUT2D eigenvalue weighted by atomic mass is 10.5. The summed E-state index contributed by atoms with van der Waals surface area (Å²) >= 11 is 4.78. The maximum absolute atomic E-state index is 11.9. The van der Waals surface area contributed by atoms with Crippen LogP contribution in [0.15, 0.2) is 43.9 Å². The third-order valence-corrected chi connectivity index (χ3v) is 5.51. The van der Waals surface area contributed by atoms with Crippen molar-refractivity contribution in [2.24, 2.45) is 0 Å². The lowest BCUT2D eigenvalue weighted by Gasteiger charge is -2.05. The van der Waals surface area contributed by atoms with Crippen LogP contribution in [0.2, 0.25) is 0 Å². The fraction of sp³-hybridized carbons (Fsp3) is 0.100. The van der Waals surface area contributed by atoms with Gasteiger partial charge in [-0.2, -0.15) is 0 Å². The van der Waals surface area contributed by atoms with Gasteiger partial charge in [-0.15, -0.1) is 11.3 Å². The second-order valence-corrected chi connectivity index (χ2v) is 7.03. The molecule has 5 nitrogen and oxygen atoms in total. The van der Waals surface area contributed by atoms with Gasteiger partial charge >= 0.3 is 0 Å². The van der Waals surface area contributed by atoms with Crippen LogP contribution in [0.3, 0.4) is 0 Å². The van der Waals surface area contributed by atoms with Gasteiger partial charge in [-0.25, -0.2) is 13.1 Å². The third kappa shape index (κ3) is 3.08. The van der Waals surface area contributed by atoms with E-state index in [4.69, 9.17) is 0 Å². The molecular weight excluding hydrogens is 340 g/mol. The van der Waals surface area contributed by atoms with E-state index < -0.39 is 10.0 Å². The van der Waals surface area contributed by atoms with Gasteiger partial charge in [-0.1, -0.05) is 0 Å². The Bertz CT molecular complexity index is 685. The third-order valence-electron chi connectivity index (χ3n) is 2.18. The summed E-state index contributed by atoms with van der Waals surface area (Å²) in [6.45, 7) is 0.208. The molecule has 2 heterocycles. The maximum Gasteiger partial charge on any atom is 0.247 e. The number of hydrogen-bond acceptors (Lipinski definition) is 4. The van der Waals surface area contributed by atoms with Crippen molar-refractivity contribution in [3.63, 3.8) is 0 Å². The van der Waals surface area contributed by atoms with Crippen LogP contribution in [0.25, 0.3) is 0 Å². The zero-order chi connectivity index (χ0) is 13.2. The molecule has 0 aliphatic heterocycles. The molecule has 0 fully saturated rings. The van der Waals surface area contributed by atoms with E-state index in [0.29, 0.717) is 0 Å². The molecule has 0 saturated heterocycles. The first-order chi connectivity index (χ1) is 8.49. The van der Waals surface area contributed by atoms with Gasteiger partial charge < -0.3 is 4.98 Å². The molecule has 0 aliphatic carbocycles. The molecule has 0 aliphatic rings. The van der Waals surface area contributed by atoms with Crippen molar-refractivity contribution in [1.82, 2.24) is 9.71 Å². The highest BCUT2D eigenvalue weighted by Crippen LogP contribution is 2.22. The molecule has 2 rings (SSSR count). The molecule has 0 saturated carbocycles. The van der Waals surface area contributed by atoms with Crippen LogP contribution in [-0.4, -0.2) is 13.4 Å². The van der Waals surface area contributed by atoms with Gasteiger partial charge in [0.1, 0.15) is 0 Å². The van der Waals surface area contributed by atoms with E-state index in [-0.39, 0.29) is 17.0 Å². The van der Waals surface area contributed by atoms with Crippen LogP contribution in [0.5, 0.6) is 0 Å². The first-order valence-corrected chi connectivity index (χ1v) is 8.05. The van der Waals surface area contributed by atoms with Crippen LogP contribution in [0.4, 0.5) is 0 Å². The van der Waals surface area contributed by atoms with E-state index in [9.17, 15) is 13.2 Å². The largest absolute Gasteiger partial charge is 0.328 e. The number of aromatic amines is 1. The topological polar surface area (TPSA) is 79.0 Å². The Morgan fingerprint density at radius 2 is 2.11 bits per heavy atom. The highest BCUT2D eigenvalue weighted by Gasteiger charge is 2.14. The SMILES string of the molecule is O=c1ccc(S(=O)(=O)NCc2sccc2Br)c[nH]1. The number of sulfonamides is 1. The number of halogens is 1. The summed E-state index contributed by atoms with van der Waals surface area (Å²) in [4.78, 5) is 14.1. The molecule has 18 heavy (non-hydrogen) atoms. The molecule has 0 aromatic carbocycles. The second-order valence-electron chi connectivity index (χ2n) is 3.40. The molecule has 2 aromatic heterocycles. The molecule has 0 atom stereocenters. The van der Waals surface area contributed by atoms with E-state index in [1.807, 2.05) is 11.4 Å². The van der Waals surface area contributed by atoms with Crippen molar-refractivity contribution >= 4 is 37.3 Å². The Kier molecular flexibility index (Phi) is 4.00. The van der Waals surface area contributed by atoms with Crippen LogP contribution >= 0.6 is 27.3 Å². The van der Waals surface area contributed by atoms with Gasteiger partial charge in [-0.05, 0) is 33.4 Å². The average molecular weight is 349 g/mol. The van der Waals surface area contributed by atoms with E-state index in [1.54, 1.807) is 0 Å². The van der Waals surface area contributed by atoms with Crippen molar-refractivity contribution in [2.75, 3.05) is 0 Å². The van der Waals surface area contributed by atoms with Gasteiger partial charge in [0.05, 0.1) is 4.90 Å². The summed E-state index contributed by atoms with van der Waals surface area (Å²) < 4.78 is 27.2. The summed E-state index contributed by atoms with van der Waals surface area (Å²) in [5.74, 6) is 0. The Morgan fingerprint density at radius 1 is 1.33 bits per heavy atom. The summed E-state index contributed by atoms with van der Waals surface area (Å²) in [7, 11) is -3.60. The molecule has 96 valence electrons. The quantitative estimate of drug-likeness (QED) is 0.882. The molecular formula is C10H9BrN2O3S2. The molecule has 0 amide bonds. The van der Waals surface area contributed by atoms with Gasteiger partial charge in [0.15, 0.2) is 0 Å². The number of hydrogen-bond donors (Lipinski definition) is 2. The highest BCUT2D eigenvalue weighted by molar-refractivity contribution is 9.10. The van der Waals surface area contributed by atoms with Gasteiger partial charge in [-0.3, -0.25) is 4.79 Å². The molecule has 0 spiro atoms. The van der Waals surface area contributed by atoms with E-state index in [2.05, 4.69) is 25.6 Å². The van der Waals surface area contributed by atoms with Crippen molar-refractivity contribution in [2.45, 2.75) is 11.4 Å². The van der Waals surface area contributed by atoms with Crippen molar-refractivity contribution in [1.29, 1.82) is 0 Å². The Hall–Kier alpha value is -0.960. The van der Waals surface area contributed by atoms with E-state index in [1.165, 1.54) is 29.7 Å². The predicted molar refractivity (Wildman–Crippen MR) is 73.1 cm³/mol. The van der Waals surface area contributed by atoms with Crippen LogP contribution in [-0.2, 0) is 16.6 Å². The first-order valence-electron chi connectivity index (χ1n) is 4.89. The maximum atomic E-state index is 11.9. The highest BCUT2D eigenvalue weighted by atomic mass is 79.9. The second kappa shape index (κ2) is 5.35. The summed E-state index contributed by atoms with van der Waals surface area (Å²) in [5, 5.41) is 1.87. The average Bonchev–Trinajstić information content (AvgIpc) is 2.73. The van der Waals surface area contributed by atoms with E-state index >= 15 is 0 Å². The Morgan fingerprint density at radius 3 is 2.67 bits per heavy atom. The fourth-order valence-electron chi connectivity index (χ4n) is 1.26. The molecule has 2 aromatic rings. The predicted octanol–water partition coefficient (Wildman–Crippen LogP) is 1.68. The molecule has 0 bridgehead atoms. The normalized spacial score (nSPS) is 11.6. The van der Waals surface area contributed by atoms with Crippen LogP contribution < -0.4 is 10.3 Å². The zero-order valence-electron chi connectivity index (χ0n) is 9.01. The standard InChI is InChI=1S/C10H9BrN2O3S2/c11-8-3-4-17-9(8)6-13-18(15,16)7-1-2-10(14)12-5-7/h1-5,13H,6H2,(H,12,14). The number of rotatable bonds is 4. The molecule has 0 unspecified atom stereocenters. The number of H-pyrrole nitrogens is 1. The fourth-order valence-corrected chi connectivity index (χ4v) is 3.74. The molecule has 2 N–H and O–H groups in total. The minimum Gasteiger partial charge on any atom is -0.328 e. The monoisotopic (exact) mass is 348 g/mol. The van der Waals surface area contributed by atoms with Gasteiger partial charge in [0.2, 0.25) is 15.6 Å². The van der Waals surface area contributed by atoms with Gasteiger partial charge in [0.25, 0.3) is 0 Å². The number of nitrogens with one attached hydrogen (secondary N) is 2. The van der Waals surface area contributed by atoms with E-state index in [0.717, 1.165) is 9.35 Å². The summed E-state index contributed by atoms with van der Waals surface area (Å²) in [5.41, 5.74) is -0.338. The number of thiophene rings is 1. The van der Waals surface area contributed by atoms with Crippen LogP contribution in [0.1, 0.15) is 4.88 Å². The number of pyridine rings is 1. The lowest BCUT2D eigenvalue weighted by Crippen LogP contribution is -2.23. The minimum atomic E-state index is -3.60. The first kappa shape index (κ1) is 13.5. The van der Waals surface area contributed by atoms with Crippen molar-refractivity contribution in [3.05, 3.63) is 49.5 Å². The zero-order valence-corrected chi connectivity index (χ0v) is 12.2. The van der Waals surface area contributed by atoms with Crippen molar-refractivity contribution < 1.29 is 8.42 Å². The lowest BCUT2D eigenvalue weighted by molar-refractivity contribution is 0.581. The summed E-state index contributed by atoms with van der Waals surface area (Å²) in [6.07, 6.45) is 1.17. The smallest absolute Gasteiger partial charge is 0.247 e. The minimum absolute atomic E-state index is 0.0368. The number of aromatic nitrogens is 1. The van der Waals surface area contributed by atoms with Crippen molar-refractivity contribution in [3.8, 4) is 0 Å².